The van der Waals surface area contributed by atoms with E-state index in [2.05, 4.69) is 22.9 Å². The van der Waals surface area contributed by atoms with Crippen molar-refractivity contribution < 1.29 is 9.18 Å². The predicted molar refractivity (Wildman–Crippen MR) is 73.9 cm³/mol. The Labute approximate surface area is 116 Å². The van der Waals surface area contributed by atoms with E-state index in [1.54, 1.807) is 12.1 Å². The number of halogens is 2. The fourth-order valence-corrected chi connectivity index (χ4v) is 3.15. The third-order valence-corrected chi connectivity index (χ3v) is 4.36. The van der Waals surface area contributed by atoms with Gasteiger partial charge in [-0.1, -0.05) is 25.8 Å². The Morgan fingerprint density at radius 3 is 2.89 bits per heavy atom. The van der Waals surface area contributed by atoms with Crippen molar-refractivity contribution in [1.82, 2.24) is 0 Å². The first-order valence-corrected chi connectivity index (χ1v) is 7.32. The minimum atomic E-state index is -0.280. The van der Waals surface area contributed by atoms with Gasteiger partial charge in [0.15, 0.2) is 0 Å². The highest BCUT2D eigenvalue weighted by Gasteiger charge is 2.24. The van der Waals surface area contributed by atoms with E-state index in [4.69, 9.17) is 0 Å². The molecule has 1 fully saturated rings. The maximum atomic E-state index is 13.1. The zero-order valence-corrected chi connectivity index (χ0v) is 12.2. The highest BCUT2D eigenvalue weighted by Crippen LogP contribution is 2.30. The van der Waals surface area contributed by atoms with Crippen molar-refractivity contribution in [3.63, 3.8) is 0 Å². The van der Waals surface area contributed by atoms with E-state index in [1.807, 2.05) is 0 Å². The highest BCUT2D eigenvalue weighted by molar-refractivity contribution is 9.10. The summed E-state index contributed by atoms with van der Waals surface area (Å²) in [6.07, 6.45) is 4.86. The molecule has 3 heteroatoms. The maximum absolute atomic E-state index is 13.1. The van der Waals surface area contributed by atoms with Crippen molar-refractivity contribution in [3.8, 4) is 0 Å². The van der Waals surface area contributed by atoms with Crippen LogP contribution in [0.2, 0.25) is 0 Å². The van der Waals surface area contributed by atoms with E-state index in [9.17, 15) is 9.18 Å². The van der Waals surface area contributed by atoms with Gasteiger partial charge in [0.2, 0.25) is 0 Å². The van der Waals surface area contributed by atoms with Gasteiger partial charge in [0.05, 0.1) is 4.47 Å². The van der Waals surface area contributed by atoms with E-state index in [0.29, 0.717) is 22.6 Å². The van der Waals surface area contributed by atoms with Crippen molar-refractivity contribution in [2.75, 3.05) is 0 Å². The van der Waals surface area contributed by atoms with Crippen molar-refractivity contribution >= 4 is 21.7 Å². The van der Waals surface area contributed by atoms with Crippen LogP contribution in [-0.2, 0) is 11.2 Å². The molecule has 1 nitrogen and oxygen atoms in total. The molecule has 0 amide bonds. The number of hydrogen-bond donors (Lipinski definition) is 0. The summed E-state index contributed by atoms with van der Waals surface area (Å²) >= 11 is 3.16. The lowest BCUT2D eigenvalue weighted by molar-refractivity contribution is -0.123. The Hall–Kier alpha value is -0.700. The molecule has 1 aliphatic rings. The Kier molecular flexibility index (Phi) is 4.55. The Balaban J connectivity index is 2.00. The van der Waals surface area contributed by atoms with Crippen LogP contribution < -0.4 is 0 Å². The molecular weight excluding hydrogens is 295 g/mol. The summed E-state index contributed by atoms with van der Waals surface area (Å²) in [5.41, 5.74) is 0.895. The third-order valence-electron chi connectivity index (χ3n) is 3.75. The smallest absolute Gasteiger partial charge is 0.140 e. The van der Waals surface area contributed by atoms with Crippen molar-refractivity contribution in [2.45, 2.75) is 39.0 Å². The van der Waals surface area contributed by atoms with Gasteiger partial charge in [-0.3, -0.25) is 4.79 Å². The Bertz CT molecular complexity index is 444. The summed E-state index contributed by atoms with van der Waals surface area (Å²) in [5, 5.41) is 0. The Morgan fingerprint density at radius 2 is 2.22 bits per heavy atom. The monoisotopic (exact) mass is 312 g/mol. The molecule has 0 bridgehead atoms. The molecule has 1 aromatic rings. The zero-order valence-electron chi connectivity index (χ0n) is 10.6. The lowest BCUT2D eigenvalue weighted by Gasteiger charge is -2.25. The molecule has 2 unspecified atom stereocenters. The summed E-state index contributed by atoms with van der Waals surface area (Å²) in [5.74, 6) is 0.891. The molecule has 2 atom stereocenters. The van der Waals surface area contributed by atoms with Crippen molar-refractivity contribution in [1.29, 1.82) is 0 Å². The fourth-order valence-electron chi connectivity index (χ4n) is 2.72. The van der Waals surface area contributed by atoms with Crippen LogP contribution in [0, 0.1) is 17.7 Å². The molecule has 0 heterocycles. The number of Topliss-reactive ketones (excluding diaryl/α,β-unsaturated/α-hetero) is 1. The molecule has 0 aromatic heterocycles. The van der Waals surface area contributed by atoms with Gasteiger partial charge in [-0.2, -0.15) is 0 Å². The van der Waals surface area contributed by atoms with Gasteiger partial charge in [0.1, 0.15) is 11.6 Å². The molecule has 2 rings (SSSR count). The molecule has 0 aliphatic heterocycles. The summed E-state index contributed by atoms with van der Waals surface area (Å²) in [4.78, 5) is 12.2. The zero-order chi connectivity index (χ0) is 13.1. The number of carbonyl (C=O) groups excluding carboxylic acids is 1. The average Bonchev–Trinajstić information content (AvgIpc) is 2.34. The van der Waals surface area contributed by atoms with E-state index in [0.717, 1.165) is 24.8 Å². The van der Waals surface area contributed by atoms with E-state index in [1.165, 1.54) is 12.5 Å². The molecule has 0 saturated heterocycles. The summed E-state index contributed by atoms with van der Waals surface area (Å²) in [6, 6.07) is 4.82. The number of rotatable bonds is 3. The van der Waals surface area contributed by atoms with Crippen molar-refractivity contribution in [3.05, 3.63) is 34.1 Å². The summed E-state index contributed by atoms with van der Waals surface area (Å²) in [6.45, 7) is 2.22. The minimum absolute atomic E-state index is 0.206. The van der Waals surface area contributed by atoms with Crippen LogP contribution in [-0.4, -0.2) is 5.78 Å². The van der Waals surface area contributed by atoms with Crippen LogP contribution in [0.15, 0.2) is 22.7 Å². The van der Waals surface area contributed by atoms with Crippen molar-refractivity contribution in [2.24, 2.45) is 11.8 Å². The van der Waals surface area contributed by atoms with Gasteiger partial charge < -0.3 is 0 Å². The molecule has 0 N–H and O–H groups in total. The second kappa shape index (κ2) is 5.96. The number of hydrogen-bond acceptors (Lipinski definition) is 1. The predicted octanol–water partition coefficient (Wildman–Crippen LogP) is 4.53. The normalized spacial score (nSPS) is 23.9. The minimum Gasteiger partial charge on any atom is -0.299 e. The van der Waals surface area contributed by atoms with Gasteiger partial charge in [-0.15, -0.1) is 0 Å². The first kappa shape index (κ1) is 13.7. The molecule has 0 spiro atoms. The number of carbonyl (C=O) groups is 1. The van der Waals surface area contributed by atoms with Gasteiger partial charge >= 0.3 is 0 Å². The third kappa shape index (κ3) is 3.41. The van der Waals surface area contributed by atoms with Gasteiger partial charge in [-0.05, 0) is 52.4 Å². The molecule has 1 aliphatic carbocycles. The van der Waals surface area contributed by atoms with Crippen LogP contribution in [0.5, 0.6) is 0 Å². The van der Waals surface area contributed by atoms with E-state index < -0.39 is 0 Å². The largest absolute Gasteiger partial charge is 0.299 e. The standard InChI is InChI=1S/C15H18BrFO/c1-10-3-2-4-12(7-10)15(18)9-11-5-6-14(17)13(16)8-11/h5-6,8,10,12H,2-4,7,9H2,1H3. The quantitative estimate of drug-likeness (QED) is 0.801. The van der Waals surface area contributed by atoms with Gasteiger partial charge in [0, 0.05) is 12.3 Å². The highest BCUT2D eigenvalue weighted by atomic mass is 79.9. The van der Waals surface area contributed by atoms with E-state index >= 15 is 0 Å². The SMILES string of the molecule is CC1CCCC(C(=O)Cc2ccc(F)c(Br)c2)C1. The lowest BCUT2D eigenvalue weighted by Crippen LogP contribution is -2.23. The first-order chi connectivity index (χ1) is 8.56. The fraction of sp³-hybridized carbons (Fsp3) is 0.533. The first-order valence-electron chi connectivity index (χ1n) is 6.53. The Morgan fingerprint density at radius 1 is 1.44 bits per heavy atom. The molecule has 98 valence electrons. The summed E-state index contributed by atoms with van der Waals surface area (Å²) < 4.78 is 13.5. The topological polar surface area (TPSA) is 17.1 Å². The summed E-state index contributed by atoms with van der Waals surface area (Å²) in [7, 11) is 0. The second-order valence-corrected chi connectivity index (χ2v) is 6.21. The molecule has 0 radical (unpaired) electrons. The van der Waals surface area contributed by atoms with Crippen LogP contribution in [0.1, 0.15) is 38.2 Å². The molecular formula is C15H18BrFO. The molecule has 1 aromatic carbocycles. The van der Waals surface area contributed by atoms with Gasteiger partial charge in [0.25, 0.3) is 0 Å². The average molecular weight is 313 g/mol. The van der Waals surface area contributed by atoms with Crippen LogP contribution >= 0.6 is 15.9 Å². The number of benzene rings is 1. The number of ketones is 1. The second-order valence-electron chi connectivity index (χ2n) is 5.36. The lowest BCUT2D eigenvalue weighted by atomic mass is 9.79. The van der Waals surface area contributed by atoms with Crippen LogP contribution in [0.3, 0.4) is 0 Å². The van der Waals surface area contributed by atoms with Crippen LogP contribution in [0.4, 0.5) is 4.39 Å². The van der Waals surface area contributed by atoms with Gasteiger partial charge in [-0.25, -0.2) is 4.39 Å². The molecule has 18 heavy (non-hydrogen) atoms. The molecule has 1 saturated carbocycles. The van der Waals surface area contributed by atoms with E-state index in [-0.39, 0.29) is 11.7 Å². The maximum Gasteiger partial charge on any atom is 0.140 e. The van der Waals surface area contributed by atoms with Crippen LogP contribution in [0.25, 0.3) is 0 Å².